The lowest BCUT2D eigenvalue weighted by atomic mass is 10.1. The maximum Gasteiger partial charge on any atom is 0.182 e. The topological polar surface area (TPSA) is 52.8 Å². The zero-order valence-corrected chi connectivity index (χ0v) is 13.7. The number of hydrogen-bond acceptors (Lipinski definition) is 4. The van der Waals surface area contributed by atoms with Crippen LogP contribution in [0.3, 0.4) is 0 Å². The highest BCUT2D eigenvalue weighted by Gasteiger charge is 2.06. The van der Waals surface area contributed by atoms with Crippen LogP contribution in [0.4, 0.5) is 0 Å². The predicted molar refractivity (Wildman–Crippen MR) is 95.6 cm³/mol. The average molecular weight is 330 g/mol. The summed E-state index contributed by atoms with van der Waals surface area (Å²) in [5.74, 6) is 1.55. The van der Waals surface area contributed by atoms with Crippen LogP contribution < -0.4 is 4.74 Å². The highest BCUT2D eigenvalue weighted by atomic mass is 16.5. The van der Waals surface area contributed by atoms with E-state index in [-0.39, 0.29) is 0 Å². The fraction of sp³-hybridized carbons (Fsp3) is 0.150. The second kappa shape index (κ2) is 7.13. The smallest absolute Gasteiger partial charge is 0.182 e. The minimum atomic E-state index is 0.573. The van der Waals surface area contributed by atoms with Crippen LogP contribution >= 0.6 is 0 Å². The highest BCUT2D eigenvalue weighted by molar-refractivity contribution is 5.47. The summed E-state index contributed by atoms with van der Waals surface area (Å²) in [6, 6.07) is 18.7. The monoisotopic (exact) mass is 330 g/mol. The molecule has 2 aliphatic rings. The van der Waals surface area contributed by atoms with E-state index in [0.717, 1.165) is 17.9 Å². The van der Waals surface area contributed by atoms with Gasteiger partial charge in [0.1, 0.15) is 24.4 Å². The number of rotatable bonds is 6. The van der Waals surface area contributed by atoms with Crippen molar-refractivity contribution in [1.82, 2.24) is 19.5 Å². The first kappa shape index (κ1) is 15.3. The third kappa shape index (κ3) is 3.83. The molecular weight excluding hydrogens is 312 g/mol. The van der Waals surface area contributed by atoms with Gasteiger partial charge in [0.25, 0.3) is 0 Å². The van der Waals surface area contributed by atoms with E-state index >= 15 is 0 Å². The second-order valence-electron chi connectivity index (χ2n) is 5.85. The Labute approximate surface area is 146 Å². The fourth-order valence-electron chi connectivity index (χ4n) is 2.71. The predicted octanol–water partition coefficient (Wildman–Crippen LogP) is 3.45. The van der Waals surface area contributed by atoms with Crippen LogP contribution in [-0.4, -0.2) is 26.1 Å². The number of fused-ring (bicyclic) bond motifs is 1. The van der Waals surface area contributed by atoms with E-state index in [9.17, 15) is 0 Å². The van der Waals surface area contributed by atoms with Gasteiger partial charge in [0.05, 0.1) is 12.9 Å². The summed E-state index contributed by atoms with van der Waals surface area (Å²) in [5.41, 5.74) is 3.39. The van der Waals surface area contributed by atoms with Crippen LogP contribution in [0.5, 0.6) is 5.75 Å². The fourth-order valence-corrected chi connectivity index (χ4v) is 2.71. The van der Waals surface area contributed by atoms with Gasteiger partial charge in [-0.3, -0.25) is 0 Å². The van der Waals surface area contributed by atoms with Gasteiger partial charge in [-0.1, -0.05) is 42.5 Å². The molecular formula is C20H18N4O. The molecule has 0 aliphatic carbocycles. The second-order valence-corrected chi connectivity index (χ2v) is 5.85. The van der Waals surface area contributed by atoms with Crippen molar-refractivity contribution >= 4 is 0 Å². The van der Waals surface area contributed by atoms with Crippen molar-refractivity contribution in [2.75, 3.05) is 6.61 Å². The molecule has 2 aromatic rings. The van der Waals surface area contributed by atoms with Gasteiger partial charge >= 0.3 is 0 Å². The Morgan fingerprint density at radius 3 is 2.48 bits per heavy atom. The van der Waals surface area contributed by atoms with Crippen LogP contribution in [-0.2, 0) is 13.0 Å². The van der Waals surface area contributed by atoms with Gasteiger partial charge in [-0.05, 0) is 29.7 Å². The molecule has 0 fully saturated rings. The third-order valence-electron chi connectivity index (χ3n) is 4.02. The normalized spacial score (nSPS) is 10.9. The quantitative estimate of drug-likeness (QED) is 0.543. The van der Waals surface area contributed by atoms with Gasteiger partial charge in [-0.25, -0.2) is 15.0 Å². The summed E-state index contributed by atoms with van der Waals surface area (Å²) in [6.07, 6.45) is 6.14. The Morgan fingerprint density at radius 1 is 0.840 bits per heavy atom. The summed E-state index contributed by atoms with van der Waals surface area (Å²) < 4.78 is 7.78. The van der Waals surface area contributed by atoms with Crippen molar-refractivity contribution in [3.8, 4) is 17.3 Å². The first-order chi connectivity index (χ1) is 12.4. The zero-order valence-electron chi connectivity index (χ0n) is 13.7. The summed E-state index contributed by atoms with van der Waals surface area (Å²) in [6.45, 7) is 1.28. The lowest BCUT2D eigenvalue weighted by Gasteiger charge is -2.10. The van der Waals surface area contributed by atoms with Gasteiger partial charge in [0.15, 0.2) is 5.82 Å². The van der Waals surface area contributed by atoms with E-state index in [1.165, 1.54) is 17.5 Å². The Balaban J connectivity index is 1.31. The van der Waals surface area contributed by atoms with E-state index in [1.54, 1.807) is 6.33 Å². The number of ether oxygens (including phenoxy) is 1. The van der Waals surface area contributed by atoms with Gasteiger partial charge < -0.3 is 9.30 Å². The van der Waals surface area contributed by atoms with Crippen molar-refractivity contribution in [2.24, 2.45) is 0 Å². The van der Waals surface area contributed by atoms with Crippen LogP contribution in [0, 0.1) is 0 Å². The molecule has 0 saturated carbocycles. The summed E-state index contributed by atoms with van der Waals surface area (Å²) in [4.78, 5) is 12.5. The van der Waals surface area contributed by atoms with E-state index in [1.807, 2.05) is 29.0 Å². The molecule has 0 radical (unpaired) electrons. The molecule has 5 nitrogen and oxygen atoms in total. The molecule has 0 atom stereocenters. The standard InChI is InChI=1S/C20H18N4O/c1-2-4-16(5-3-1)12-17-6-8-18(9-7-17)25-11-10-24-13-19-20(23-15-24)22-14-21-19/h1-9,13-15H,10-12H2. The number of nitrogens with zero attached hydrogens (tertiary/aromatic N) is 4. The minimum Gasteiger partial charge on any atom is -0.492 e. The lowest BCUT2D eigenvalue weighted by molar-refractivity contribution is 0.297. The Kier molecular flexibility index (Phi) is 4.37. The third-order valence-corrected chi connectivity index (χ3v) is 4.02. The zero-order chi connectivity index (χ0) is 16.9. The van der Waals surface area contributed by atoms with Crippen molar-refractivity contribution in [3.63, 3.8) is 0 Å². The van der Waals surface area contributed by atoms with E-state index < -0.39 is 0 Å². The molecule has 124 valence electrons. The number of hydrogen-bond donors (Lipinski definition) is 0. The highest BCUT2D eigenvalue weighted by Crippen LogP contribution is 2.16. The molecule has 0 saturated heterocycles. The summed E-state index contributed by atoms with van der Waals surface area (Å²) in [5, 5.41) is 0. The van der Waals surface area contributed by atoms with E-state index in [4.69, 9.17) is 4.74 Å². The van der Waals surface area contributed by atoms with Crippen molar-refractivity contribution in [2.45, 2.75) is 13.0 Å². The molecule has 0 bridgehead atoms. The molecule has 2 aliphatic heterocycles. The minimum absolute atomic E-state index is 0.573. The molecule has 0 amide bonds. The molecule has 0 N–H and O–H groups in total. The number of imidazole rings is 1. The van der Waals surface area contributed by atoms with Crippen LogP contribution in [0.1, 0.15) is 11.1 Å². The van der Waals surface area contributed by atoms with Crippen molar-refractivity contribution < 1.29 is 4.74 Å². The van der Waals surface area contributed by atoms with E-state index in [2.05, 4.69) is 51.4 Å². The van der Waals surface area contributed by atoms with Crippen LogP contribution in [0.2, 0.25) is 0 Å². The molecule has 0 unspecified atom stereocenters. The molecule has 25 heavy (non-hydrogen) atoms. The molecule has 4 rings (SSSR count). The molecule has 5 heteroatoms. The van der Waals surface area contributed by atoms with E-state index in [0.29, 0.717) is 19.0 Å². The maximum atomic E-state index is 5.82. The Bertz CT molecular complexity index is 903. The first-order valence-corrected chi connectivity index (χ1v) is 8.25. The summed E-state index contributed by atoms with van der Waals surface area (Å²) in [7, 11) is 0. The Morgan fingerprint density at radius 2 is 1.64 bits per heavy atom. The molecule has 0 spiro atoms. The largest absolute Gasteiger partial charge is 0.492 e. The van der Waals surface area contributed by atoms with Gasteiger partial charge in [-0.15, -0.1) is 0 Å². The average Bonchev–Trinajstić information content (AvgIpc) is 3.12. The molecule has 0 aromatic heterocycles. The number of aromatic nitrogens is 4. The lowest BCUT2D eigenvalue weighted by Crippen LogP contribution is -2.09. The Hall–Kier alpha value is -3.21. The maximum absolute atomic E-state index is 5.82. The molecule has 2 heterocycles. The van der Waals surface area contributed by atoms with Crippen LogP contribution in [0.15, 0.2) is 73.4 Å². The van der Waals surface area contributed by atoms with Gasteiger partial charge in [0, 0.05) is 6.20 Å². The van der Waals surface area contributed by atoms with Crippen molar-refractivity contribution in [3.05, 3.63) is 84.6 Å². The SMILES string of the molecule is c1ccc(Cc2ccc(OCCn3cnc4ncnc-4c3)cc2)cc1. The summed E-state index contributed by atoms with van der Waals surface area (Å²) >= 11 is 0. The van der Waals surface area contributed by atoms with Gasteiger partial charge in [-0.2, -0.15) is 0 Å². The van der Waals surface area contributed by atoms with Crippen LogP contribution in [0.25, 0.3) is 11.5 Å². The number of benzene rings is 2. The van der Waals surface area contributed by atoms with Crippen molar-refractivity contribution in [1.29, 1.82) is 0 Å². The van der Waals surface area contributed by atoms with Gasteiger partial charge in [0.2, 0.25) is 0 Å². The first-order valence-electron chi connectivity index (χ1n) is 8.25. The molecule has 2 aromatic carbocycles.